The minimum atomic E-state index is -2.82. The third-order valence-corrected chi connectivity index (χ3v) is 4.26. The van der Waals surface area contributed by atoms with E-state index in [4.69, 9.17) is 0 Å². The van der Waals surface area contributed by atoms with Crippen LogP contribution in [0.4, 0.5) is 0 Å². The second-order valence-corrected chi connectivity index (χ2v) is 6.45. The van der Waals surface area contributed by atoms with Crippen LogP contribution in [-0.2, 0) is 46.4 Å². The number of hydrogen-bond donors (Lipinski definition) is 0. The van der Waals surface area contributed by atoms with E-state index in [0.717, 1.165) is 27.7 Å². The van der Waals surface area contributed by atoms with Crippen molar-refractivity contribution in [1.29, 1.82) is 0 Å². The number of hydrogen-bond acceptors (Lipinski definition) is 14. The zero-order valence-electron chi connectivity index (χ0n) is 17.0. The molecule has 4 atom stereocenters. The molecule has 31 heavy (non-hydrogen) atoms. The minimum Gasteiger partial charge on any atom is -0.547 e. The molecule has 0 aliphatic rings. The smallest absolute Gasteiger partial charge is 0.547 e. The number of aliphatic carboxylic acids is 4. The molecule has 14 nitrogen and oxygen atoms in total. The minimum absolute atomic E-state index is 0. The molecule has 0 aromatic heterocycles. The van der Waals surface area contributed by atoms with Gasteiger partial charge in [0, 0.05) is 9.13 Å². The van der Waals surface area contributed by atoms with Gasteiger partial charge in [-0.3, -0.25) is 0 Å². The van der Waals surface area contributed by atoms with Gasteiger partial charge in [-0.15, -0.1) is 18.1 Å². The van der Waals surface area contributed by atoms with Gasteiger partial charge in [0.25, 0.3) is 0 Å². The van der Waals surface area contributed by atoms with Crippen LogP contribution in [0, 0.1) is 0 Å². The third kappa shape index (κ3) is 23.2. The number of carbonyl (C=O) groups excluding carboxylic acids is 4. The number of rotatable bonds is 12. The van der Waals surface area contributed by atoms with Crippen molar-refractivity contribution in [2.75, 3.05) is 0 Å². The van der Waals surface area contributed by atoms with E-state index in [1.807, 2.05) is 0 Å². The Labute approximate surface area is 227 Å². The van der Waals surface area contributed by atoms with Crippen LogP contribution in [0.25, 0.3) is 0 Å². The summed E-state index contributed by atoms with van der Waals surface area (Å²) in [5.41, 5.74) is 0. The molecule has 0 aliphatic carbocycles. The molecule has 0 bridgehead atoms. The van der Waals surface area contributed by atoms with E-state index < -0.39 is 64.8 Å². The Kier molecular flexibility index (Phi) is 29.5. The average molecular weight is 519 g/mol. The molecular formula is C12H16Mg3O14P2+4. The van der Waals surface area contributed by atoms with Gasteiger partial charge in [-0.25, -0.2) is 0 Å². The second-order valence-electron chi connectivity index (χ2n) is 4.71. The van der Waals surface area contributed by atoms with Gasteiger partial charge in [-0.2, -0.15) is 0 Å². The summed E-state index contributed by atoms with van der Waals surface area (Å²) in [5, 5.41) is 40.4. The van der Waals surface area contributed by atoms with Gasteiger partial charge in [0.15, 0.2) is 24.4 Å². The fourth-order valence-corrected chi connectivity index (χ4v) is 2.21. The first kappa shape index (κ1) is 41.5. The fourth-order valence-electron chi connectivity index (χ4n) is 0.738. The van der Waals surface area contributed by atoms with Gasteiger partial charge in [0.1, 0.15) is 0 Å². The quantitative estimate of drug-likeness (QED) is 0.173. The van der Waals surface area contributed by atoms with Crippen molar-refractivity contribution in [3.63, 3.8) is 0 Å². The second kappa shape index (κ2) is 22.0. The number of carbonyl (C=O) groups is 4. The van der Waals surface area contributed by atoms with Gasteiger partial charge in [-0.05, 0) is 27.7 Å². The SMILES string of the molecule is CC(O[P+](=O)OC(C)C(=O)[O-])C(=O)[O-].CC(O[P+](=O)OC(C)C(=O)[O-])C(=O)[O-].[Mg+2].[Mg+2].[Mg+2]. The van der Waals surface area contributed by atoms with Gasteiger partial charge >= 0.3 is 85.7 Å². The molecule has 0 radical (unpaired) electrons. The molecule has 19 heteroatoms. The molecule has 0 N–H and O–H groups in total. The first-order valence-electron chi connectivity index (χ1n) is 7.14. The summed E-state index contributed by atoms with van der Waals surface area (Å²) >= 11 is 0. The van der Waals surface area contributed by atoms with Crippen LogP contribution < -0.4 is 20.4 Å². The van der Waals surface area contributed by atoms with Gasteiger partial charge in [0.05, 0.1) is 23.9 Å². The van der Waals surface area contributed by atoms with Gasteiger partial charge in [-0.1, -0.05) is 0 Å². The standard InChI is InChI=1S/2C6H9O7P.3Mg/c2*1-3(5(7)8)12-14(11)13-4(2)6(9)10;;;/h2*3-4H,1-2H3,(H-,7,8,9,10);;;/q;;3*+2/p-2. The summed E-state index contributed by atoms with van der Waals surface area (Å²) in [6.45, 7) is 4.32. The van der Waals surface area contributed by atoms with Crippen LogP contribution in [0.15, 0.2) is 0 Å². The number of carboxylic acids is 4. The van der Waals surface area contributed by atoms with Crippen LogP contribution >= 0.6 is 16.5 Å². The average Bonchev–Trinajstić information content (AvgIpc) is 2.54. The molecular weight excluding hydrogens is 503 g/mol. The molecule has 0 aromatic rings. The topological polar surface area (TPSA) is 232 Å². The summed E-state index contributed by atoms with van der Waals surface area (Å²) in [4.78, 5) is 40.4. The van der Waals surface area contributed by atoms with E-state index in [1.54, 1.807) is 0 Å². The van der Waals surface area contributed by atoms with E-state index in [1.165, 1.54) is 0 Å². The molecule has 0 amide bonds. The predicted molar refractivity (Wildman–Crippen MR) is 94.7 cm³/mol. The number of carboxylic acid groups (broad SMARTS) is 4. The van der Waals surface area contributed by atoms with E-state index in [2.05, 4.69) is 18.1 Å². The van der Waals surface area contributed by atoms with Gasteiger partial charge in [0.2, 0.25) is 0 Å². The van der Waals surface area contributed by atoms with Crippen molar-refractivity contribution < 1.29 is 66.8 Å². The molecule has 0 heterocycles. The molecule has 0 aromatic carbocycles. The summed E-state index contributed by atoms with van der Waals surface area (Å²) in [6, 6.07) is 0. The van der Waals surface area contributed by atoms with E-state index in [-0.39, 0.29) is 69.2 Å². The van der Waals surface area contributed by atoms with Gasteiger partial charge < -0.3 is 39.6 Å². The summed E-state index contributed by atoms with van der Waals surface area (Å²) in [6.07, 6.45) is -5.75. The Hall–Kier alpha value is 0.219. The summed E-state index contributed by atoms with van der Waals surface area (Å²) in [5.74, 6) is -6.28. The molecule has 0 saturated heterocycles. The van der Waals surface area contributed by atoms with E-state index in [9.17, 15) is 48.7 Å². The van der Waals surface area contributed by atoms with Crippen molar-refractivity contribution in [2.24, 2.45) is 0 Å². The van der Waals surface area contributed by atoms with Crippen LogP contribution in [0.2, 0.25) is 0 Å². The van der Waals surface area contributed by atoms with Crippen LogP contribution in [0.5, 0.6) is 0 Å². The van der Waals surface area contributed by atoms with E-state index in [0.29, 0.717) is 0 Å². The Bertz CT molecular complexity index is 519. The zero-order chi connectivity index (χ0) is 22.6. The monoisotopic (exact) mass is 518 g/mol. The van der Waals surface area contributed by atoms with Crippen molar-refractivity contribution in [3.05, 3.63) is 0 Å². The molecule has 0 fully saturated rings. The molecule has 0 saturated carbocycles. The summed E-state index contributed by atoms with van der Waals surface area (Å²) < 4.78 is 38.7. The normalized spacial score (nSPS) is 14.2. The van der Waals surface area contributed by atoms with Crippen molar-refractivity contribution in [3.8, 4) is 0 Å². The Morgan fingerprint density at radius 3 is 0.742 bits per heavy atom. The molecule has 0 aliphatic heterocycles. The summed E-state index contributed by atoms with van der Waals surface area (Å²) in [7, 11) is -5.63. The maximum Gasteiger partial charge on any atom is 2.00 e. The largest absolute Gasteiger partial charge is 2.00 e. The Morgan fingerprint density at radius 1 is 0.516 bits per heavy atom. The molecule has 4 unspecified atom stereocenters. The molecule has 0 spiro atoms. The Balaban J connectivity index is -0.000000133. The Morgan fingerprint density at radius 2 is 0.645 bits per heavy atom. The predicted octanol–water partition coefficient (Wildman–Crippen LogP) is -5.23. The first-order valence-corrected chi connectivity index (χ1v) is 9.33. The van der Waals surface area contributed by atoms with Crippen LogP contribution in [0.3, 0.4) is 0 Å². The van der Waals surface area contributed by atoms with Crippen LogP contribution in [0.1, 0.15) is 27.7 Å². The zero-order valence-corrected chi connectivity index (χ0v) is 23.1. The van der Waals surface area contributed by atoms with E-state index >= 15 is 0 Å². The first-order chi connectivity index (χ1) is 12.7. The third-order valence-electron chi connectivity index (χ3n) is 2.30. The molecule has 0 rings (SSSR count). The van der Waals surface area contributed by atoms with Crippen LogP contribution in [-0.4, -0.2) is 117 Å². The maximum absolute atomic E-state index is 10.8. The fraction of sp³-hybridized carbons (Fsp3) is 0.667. The van der Waals surface area contributed by atoms with Crippen molar-refractivity contribution in [1.82, 2.24) is 0 Å². The molecule has 160 valence electrons. The van der Waals surface area contributed by atoms with Crippen molar-refractivity contribution >= 4 is 110 Å². The maximum atomic E-state index is 10.8. The van der Waals surface area contributed by atoms with Crippen molar-refractivity contribution in [2.45, 2.75) is 52.1 Å².